The van der Waals surface area contributed by atoms with Gasteiger partial charge in [-0.15, -0.1) is 0 Å². The lowest BCUT2D eigenvalue weighted by atomic mass is 9.82. The van der Waals surface area contributed by atoms with E-state index in [1.165, 1.54) is 22.3 Å². The van der Waals surface area contributed by atoms with Crippen molar-refractivity contribution in [2.24, 2.45) is 0 Å². The summed E-state index contributed by atoms with van der Waals surface area (Å²) in [5, 5.41) is 2.21. The van der Waals surface area contributed by atoms with E-state index in [1.54, 1.807) is 0 Å². The zero-order valence-corrected chi connectivity index (χ0v) is 25.5. The van der Waals surface area contributed by atoms with Crippen molar-refractivity contribution in [2.45, 2.75) is 19.3 Å². The second kappa shape index (κ2) is 10.1. The average molecular weight is 592 g/mol. The molecule has 4 heteroatoms. The van der Waals surface area contributed by atoms with Crippen molar-refractivity contribution >= 4 is 21.9 Å². The second-order valence-electron chi connectivity index (χ2n) is 12.5. The molecule has 6 aromatic carbocycles. The van der Waals surface area contributed by atoms with Crippen molar-refractivity contribution in [3.05, 3.63) is 151 Å². The van der Waals surface area contributed by atoms with E-state index in [-0.39, 0.29) is 5.41 Å². The van der Waals surface area contributed by atoms with Crippen LogP contribution in [0, 0.1) is 0 Å². The molecule has 0 saturated heterocycles. The number of benzene rings is 6. The summed E-state index contributed by atoms with van der Waals surface area (Å²) in [6.45, 7) is 4.62. The molecule has 0 unspecified atom stereocenters. The number of aromatic nitrogens is 3. The van der Waals surface area contributed by atoms with Gasteiger partial charge in [-0.05, 0) is 63.7 Å². The van der Waals surface area contributed by atoms with Crippen LogP contribution < -0.4 is 0 Å². The predicted octanol–water partition coefficient (Wildman–Crippen LogP) is 10.7. The SMILES string of the molecule is CC1(C)c2ccccc2-c2cc3oc4cc(-c5nc(-c6ccccc6)nc(-c6cccc(-c7ccccc7)c6)n5)ccc4c3cc21. The van der Waals surface area contributed by atoms with Gasteiger partial charge in [0.1, 0.15) is 11.2 Å². The smallest absolute Gasteiger partial charge is 0.164 e. The molecule has 0 saturated carbocycles. The average Bonchev–Trinajstić information content (AvgIpc) is 3.58. The molecular weight excluding hydrogens is 562 g/mol. The first kappa shape index (κ1) is 26.5. The number of nitrogens with zero attached hydrogens (tertiary/aromatic N) is 3. The minimum Gasteiger partial charge on any atom is -0.456 e. The molecule has 218 valence electrons. The monoisotopic (exact) mass is 591 g/mol. The molecular formula is C42H29N3O. The van der Waals surface area contributed by atoms with Crippen LogP contribution in [-0.4, -0.2) is 15.0 Å². The van der Waals surface area contributed by atoms with E-state index in [1.807, 2.05) is 36.4 Å². The zero-order valence-electron chi connectivity index (χ0n) is 25.5. The zero-order chi connectivity index (χ0) is 30.8. The summed E-state index contributed by atoms with van der Waals surface area (Å²) in [7, 11) is 0. The van der Waals surface area contributed by atoms with Gasteiger partial charge in [-0.2, -0.15) is 0 Å². The van der Waals surface area contributed by atoms with Gasteiger partial charge in [-0.3, -0.25) is 0 Å². The van der Waals surface area contributed by atoms with Crippen LogP contribution in [0.3, 0.4) is 0 Å². The summed E-state index contributed by atoms with van der Waals surface area (Å²) >= 11 is 0. The van der Waals surface area contributed by atoms with Crippen molar-refractivity contribution in [3.63, 3.8) is 0 Å². The topological polar surface area (TPSA) is 51.8 Å². The Hall–Kier alpha value is -5.87. The second-order valence-corrected chi connectivity index (χ2v) is 12.5. The first-order chi connectivity index (χ1) is 22.5. The molecule has 0 aliphatic heterocycles. The Labute approximate surface area is 267 Å². The molecule has 8 aromatic rings. The van der Waals surface area contributed by atoms with Crippen molar-refractivity contribution < 1.29 is 4.42 Å². The van der Waals surface area contributed by atoms with Crippen LogP contribution >= 0.6 is 0 Å². The maximum Gasteiger partial charge on any atom is 0.164 e. The van der Waals surface area contributed by atoms with Crippen LogP contribution in [0.4, 0.5) is 0 Å². The lowest BCUT2D eigenvalue weighted by Crippen LogP contribution is -2.14. The first-order valence-corrected chi connectivity index (χ1v) is 15.6. The van der Waals surface area contributed by atoms with Gasteiger partial charge < -0.3 is 4.42 Å². The number of fused-ring (bicyclic) bond motifs is 6. The molecule has 1 aliphatic carbocycles. The van der Waals surface area contributed by atoms with Crippen molar-refractivity contribution in [1.82, 2.24) is 15.0 Å². The summed E-state index contributed by atoms with van der Waals surface area (Å²) in [5.41, 5.74) is 11.9. The van der Waals surface area contributed by atoms with Crippen molar-refractivity contribution in [1.29, 1.82) is 0 Å². The Morgan fingerprint density at radius 2 is 1.00 bits per heavy atom. The number of hydrogen-bond donors (Lipinski definition) is 0. The van der Waals surface area contributed by atoms with Crippen molar-refractivity contribution in [3.8, 4) is 56.4 Å². The molecule has 4 nitrogen and oxygen atoms in total. The molecule has 0 fully saturated rings. The Morgan fingerprint density at radius 3 is 1.76 bits per heavy atom. The van der Waals surface area contributed by atoms with E-state index in [0.29, 0.717) is 17.5 Å². The fourth-order valence-electron chi connectivity index (χ4n) is 6.93. The summed E-state index contributed by atoms with van der Waals surface area (Å²) in [5.74, 6) is 1.87. The Morgan fingerprint density at radius 1 is 0.413 bits per heavy atom. The molecule has 0 radical (unpaired) electrons. The number of furan rings is 1. The minimum absolute atomic E-state index is 0.0728. The molecule has 9 rings (SSSR count). The summed E-state index contributed by atoms with van der Waals surface area (Å²) in [4.78, 5) is 15.0. The van der Waals surface area contributed by atoms with Gasteiger partial charge in [-0.25, -0.2) is 15.0 Å². The Bertz CT molecular complexity index is 2440. The highest BCUT2D eigenvalue weighted by atomic mass is 16.3. The quantitative estimate of drug-likeness (QED) is 0.204. The van der Waals surface area contributed by atoms with Gasteiger partial charge in [-0.1, -0.05) is 123 Å². The lowest BCUT2D eigenvalue weighted by Gasteiger charge is -2.21. The number of hydrogen-bond acceptors (Lipinski definition) is 4. The fourth-order valence-corrected chi connectivity index (χ4v) is 6.93. The molecule has 0 spiro atoms. The third kappa shape index (κ3) is 4.18. The van der Waals surface area contributed by atoms with Gasteiger partial charge in [0.05, 0.1) is 0 Å². The van der Waals surface area contributed by atoms with Gasteiger partial charge in [0.25, 0.3) is 0 Å². The maximum atomic E-state index is 6.55. The number of rotatable bonds is 4. The standard InChI is InChI=1S/C42H29N3O/c1-42(2)35-19-10-9-18-31(35)33-25-38-34(24-36(33)42)32-21-20-30(23-37(32)46-38)41-44-39(27-14-7-4-8-15-27)43-40(45-41)29-17-11-16-28(22-29)26-12-5-3-6-13-26/h3-25H,1-2H3. The Kier molecular flexibility index (Phi) is 5.81. The minimum atomic E-state index is -0.0728. The van der Waals surface area contributed by atoms with E-state index in [0.717, 1.165) is 49.8 Å². The first-order valence-electron chi connectivity index (χ1n) is 15.6. The van der Waals surface area contributed by atoms with Gasteiger partial charge >= 0.3 is 0 Å². The summed E-state index contributed by atoms with van der Waals surface area (Å²) < 4.78 is 6.55. The fraction of sp³-hybridized carbons (Fsp3) is 0.0714. The van der Waals surface area contributed by atoms with Crippen LogP contribution in [0.25, 0.3) is 78.4 Å². The van der Waals surface area contributed by atoms with Crippen LogP contribution in [0.2, 0.25) is 0 Å². The van der Waals surface area contributed by atoms with Crippen molar-refractivity contribution in [2.75, 3.05) is 0 Å². The third-order valence-electron chi connectivity index (χ3n) is 9.33. The Balaban J connectivity index is 1.19. The molecule has 46 heavy (non-hydrogen) atoms. The van der Waals surface area contributed by atoms with E-state index in [4.69, 9.17) is 19.4 Å². The maximum absolute atomic E-state index is 6.55. The van der Waals surface area contributed by atoms with Gasteiger partial charge in [0.15, 0.2) is 17.5 Å². The highest BCUT2D eigenvalue weighted by Crippen LogP contribution is 2.50. The largest absolute Gasteiger partial charge is 0.456 e. The summed E-state index contributed by atoms with van der Waals surface area (Å²) in [6, 6.07) is 48.4. The molecule has 1 aliphatic rings. The molecule has 0 amide bonds. The predicted molar refractivity (Wildman–Crippen MR) is 186 cm³/mol. The lowest BCUT2D eigenvalue weighted by molar-refractivity contribution is 0.658. The summed E-state index contributed by atoms with van der Waals surface area (Å²) in [6.07, 6.45) is 0. The van der Waals surface area contributed by atoms with E-state index >= 15 is 0 Å². The highest BCUT2D eigenvalue weighted by Gasteiger charge is 2.36. The van der Waals surface area contributed by atoms with Crippen LogP contribution in [-0.2, 0) is 5.41 Å². The molecule has 0 atom stereocenters. The molecule has 0 bridgehead atoms. The molecule has 2 heterocycles. The van der Waals surface area contributed by atoms with Gasteiger partial charge in [0, 0.05) is 32.9 Å². The van der Waals surface area contributed by atoms with Crippen LogP contribution in [0.5, 0.6) is 0 Å². The molecule has 0 N–H and O–H groups in total. The third-order valence-corrected chi connectivity index (χ3v) is 9.33. The van der Waals surface area contributed by atoms with E-state index in [9.17, 15) is 0 Å². The van der Waals surface area contributed by atoms with Crippen LogP contribution in [0.1, 0.15) is 25.0 Å². The van der Waals surface area contributed by atoms with E-state index in [2.05, 4.69) is 117 Å². The van der Waals surface area contributed by atoms with Gasteiger partial charge in [0.2, 0.25) is 0 Å². The van der Waals surface area contributed by atoms with E-state index < -0.39 is 0 Å². The van der Waals surface area contributed by atoms with Crippen LogP contribution in [0.15, 0.2) is 144 Å². The molecule has 2 aromatic heterocycles. The highest BCUT2D eigenvalue weighted by molar-refractivity contribution is 6.08. The normalized spacial score (nSPS) is 13.2.